The smallest absolute Gasteiger partial charge is 0.237 e. The molecule has 4 rings (SSSR count). The molecule has 1 N–H and O–H groups in total. The van der Waals surface area contributed by atoms with Gasteiger partial charge in [-0.2, -0.15) is 10.5 Å². The first kappa shape index (κ1) is 20.0. The zero-order chi connectivity index (χ0) is 21.5. The van der Waals surface area contributed by atoms with Crippen LogP contribution < -0.4 is 5.32 Å². The van der Waals surface area contributed by atoms with Gasteiger partial charge in [0.15, 0.2) is 11.4 Å². The number of unbranched alkanes of at least 4 members (excludes halogenated alkanes) is 1. The summed E-state index contributed by atoms with van der Waals surface area (Å²) in [4.78, 5) is 22.6. The molecule has 0 saturated heterocycles. The highest BCUT2D eigenvalue weighted by atomic mass is 16.2. The lowest BCUT2D eigenvalue weighted by Crippen LogP contribution is -2.46. The van der Waals surface area contributed by atoms with Crippen LogP contribution in [0.3, 0.4) is 0 Å². The quantitative estimate of drug-likeness (QED) is 0.805. The van der Waals surface area contributed by atoms with Crippen LogP contribution in [0.25, 0.3) is 0 Å². The lowest BCUT2D eigenvalue weighted by molar-refractivity contribution is -0.124. The average Bonchev–Trinajstić information content (AvgIpc) is 3.13. The van der Waals surface area contributed by atoms with Crippen LogP contribution in [0, 0.1) is 28.1 Å². The van der Waals surface area contributed by atoms with Gasteiger partial charge in [0.2, 0.25) is 5.91 Å². The van der Waals surface area contributed by atoms with Gasteiger partial charge in [0.25, 0.3) is 0 Å². The molecule has 1 aromatic heterocycles. The van der Waals surface area contributed by atoms with Crippen LogP contribution in [0.15, 0.2) is 24.3 Å². The second kappa shape index (κ2) is 7.22. The van der Waals surface area contributed by atoms with E-state index in [9.17, 15) is 15.3 Å². The van der Waals surface area contributed by atoms with Gasteiger partial charge >= 0.3 is 0 Å². The summed E-state index contributed by atoms with van der Waals surface area (Å²) in [5.74, 6) is -0.0695. The first-order chi connectivity index (χ1) is 14.4. The highest BCUT2D eigenvalue weighted by Crippen LogP contribution is 2.67. The second-order valence-electron chi connectivity index (χ2n) is 8.85. The first-order valence-corrected chi connectivity index (χ1v) is 10.5. The Hall–Kier alpha value is -3.25. The Morgan fingerprint density at radius 2 is 1.83 bits per heavy atom. The molecule has 2 aliphatic carbocycles. The SMILES string of the molecule is CCCCc1ccc(NC(=O)C23CCC(c4nc(C#N)c(C#N)nc42)C3(C)C)cc1. The van der Waals surface area contributed by atoms with Gasteiger partial charge in [0.05, 0.1) is 16.8 Å². The van der Waals surface area contributed by atoms with Gasteiger partial charge in [-0.1, -0.05) is 39.3 Å². The van der Waals surface area contributed by atoms with Crippen LogP contribution in [0.5, 0.6) is 0 Å². The van der Waals surface area contributed by atoms with Crippen molar-refractivity contribution in [3.05, 3.63) is 52.6 Å². The molecule has 1 aromatic carbocycles. The van der Waals surface area contributed by atoms with E-state index in [1.54, 1.807) is 0 Å². The molecule has 2 bridgehead atoms. The minimum absolute atomic E-state index is 0.00736. The largest absolute Gasteiger partial charge is 0.325 e. The maximum atomic E-state index is 13.7. The molecule has 2 unspecified atom stereocenters. The van der Waals surface area contributed by atoms with Crippen LogP contribution in [0.1, 0.15) is 80.7 Å². The number of hydrogen-bond donors (Lipinski definition) is 1. The number of carbonyl (C=O) groups excluding carboxylic acids is 1. The summed E-state index contributed by atoms with van der Waals surface area (Å²) < 4.78 is 0. The Morgan fingerprint density at radius 3 is 2.47 bits per heavy atom. The van der Waals surface area contributed by atoms with Gasteiger partial charge in [0, 0.05) is 11.6 Å². The third-order valence-corrected chi connectivity index (χ3v) is 7.07. The number of carbonyl (C=O) groups is 1. The molecule has 2 atom stereocenters. The fraction of sp³-hybridized carbons (Fsp3) is 0.458. The summed E-state index contributed by atoms with van der Waals surface area (Å²) in [5.41, 5.74) is 2.05. The van der Waals surface area contributed by atoms with Crippen molar-refractivity contribution < 1.29 is 4.79 Å². The molecule has 152 valence electrons. The zero-order valence-electron chi connectivity index (χ0n) is 17.6. The predicted octanol–water partition coefficient (Wildman–Crippen LogP) is 4.36. The second-order valence-corrected chi connectivity index (χ2v) is 8.85. The molecule has 0 spiro atoms. The van der Waals surface area contributed by atoms with Crippen molar-refractivity contribution in [3.8, 4) is 12.1 Å². The number of rotatable bonds is 5. The molecule has 1 fully saturated rings. The number of nitrogens with one attached hydrogen (secondary N) is 1. The van der Waals surface area contributed by atoms with E-state index >= 15 is 0 Å². The van der Waals surface area contributed by atoms with E-state index in [2.05, 4.69) is 48.2 Å². The van der Waals surface area contributed by atoms with E-state index in [0.717, 1.165) is 31.4 Å². The standard InChI is InChI=1S/C24H25N5O/c1-4-5-6-15-7-9-16(10-8-15)27-22(30)24-12-11-17(23(24,2)3)20-21(24)29-19(14-26)18(13-25)28-20/h7-10,17H,4-6,11-12H2,1-3H3,(H,27,30). The van der Waals surface area contributed by atoms with Crippen molar-refractivity contribution in [2.75, 3.05) is 5.32 Å². The zero-order valence-corrected chi connectivity index (χ0v) is 17.6. The topological polar surface area (TPSA) is 102 Å². The number of aryl methyl sites for hydroxylation is 1. The lowest BCUT2D eigenvalue weighted by atomic mass is 9.67. The van der Waals surface area contributed by atoms with Gasteiger partial charge in [-0.15, -0.1) is 0 Å². The Morgan fingerprint density at radius 1 is 1.17 bits per heavy atom. The molecular weight excluding hydrogens is 374 g/mol. The first-order valence-electron chi connectivity index (χ1n) is 10.5. The summed E-state index contributed by atoms with van der Waals surface area (Å²) in [5, 5.41) is 21.9. The van der Waals surface area contributed by atoms with Crippen molar-refractivity contribution >= 4 is 11.6 Å². The molecular formula is C24H25N5O. The molecule has 2 aliphatic rings. The van der Waals surface area contributed by atoms with E-state index in [-0.39, 0.29) is 23.2 Å². The Bertz CT molecular complexity index is 1090. The van der Waals surface area contributed by atoms with Crippen molar-refractivity contribution in [1.82, 2.24) is 9.97 Å². The third kappa shape index (κ3) is 2.71. The normalized spacial score (nSPS) is 22.8. The van der Waals surface area contributed by atoms with E-state index in [0.29, 0.717) is 17.8 Å². The summed E-state index contributed by atoms with van der Waals surface area (Å²) in [6.45, 7) is 6.31. The Labute approximate surface area is 177 Å². The number of amides is 1. The van der Waals surface area contributed by atoms with Crippen molar-refractivity contribution in [3.63, 3.8) is 0 Å². The highest BCUT2D eigenvalue weighted by Gasteiger charge is 2.68. The van der Waals surface area contributed by atoms with Gasteiger partial charge in [-0.25, -0.2) is 9.97 Å². The highest BCUT2D eigenvalue weighted by molar-refractivity contribution is 6.01. The summed E-state index contributed by atoms with van der Waals surface area (Å²) in [6.07, 6.45) is 4.80. The number of anilines is 1. The molecule has 1 heterocycles. The molecule has 6 heteroatoms. The van der Waals surface area contributed by atoms with Gasteiger partial charge in [-0.05, 0) is 48.8 Å². The molecule has 0 aliphatic heterocycles. The third-order valence-electron chi connectivity index (χ3n) is 7.07. The summed E-state index contributed by atoms with van der Waals surface area (Å²) in [6, 6.07) is 11.9. The Balaban J connectivity index is 1.71. The van der Waals surface area contributed by atoms with Gasteiger partial charge in [-0.3, -0.25) is 4.79 Å². The van der Waals surface area contributed by atoms with Crippen LogP contribution in [0.2, 0.25) is 0 Å². The average molecular weight is 399 g/mol. The van der Waals surface area contributed by atoms with E-state index in [1.165, 1.54) is 5.56 Å². The van der Waals surface area contributed by atoms with Gasteiger partial charge in [0.1, 0.15) is 12.1 Å². The van der Waals surface area contributed by atoms with E-state index < -0.39 is 10.8 Å². The molecule has 2 aromatic rings. The van der Waals surface area contributed by atoms with Crippen LogP contribution in [-0.2, 0) is 16.6 Å². The number of benzene rings is 1. The van der Waals surface area contributed by atoms with Crippen LogP contribution in [0.4, 0.5) is 5.69 Å². The summed E-state index contributed by atoms with van der Waals surface area (Å²) in [7, 11) is 0. The van der Waals surface area contributed by atoms with Crippen molar-refractivity contribution in [2.45, 2.75) is 64.2 Å². The fourth-order valence-electron chi connectivity index (χ4n) is 5.29. The minimum atomic E-state index is -0.861. The van der Waals surface area contributed by atoms with Crippen LogP contribution >= 0.6 is 0 Å². The monoisotopic (exact) mass is 399 g/mol. The predicted molar refractivity (Wildman–Crippen MR) is 113 cm³/mol. The Kier molecular flexibility index (Phi) is 4.82. The van der Waals surface area contributed by atoms with E-state index in [1.807, 2.05) is 24.3 Å². The number of nitrogens with zero attached hydrogens (tertiary/aromatic N) is 4. The molecule has 6 nitrogen and oxygen atoms in total. The molecule has 1 amide bonds. The van der Waals surface area contributed by atoms with Crippen LogP contribution in [-0.4, -0.2) is 15.9 Å². The number of hydrogen-bond acceptors (Lipinski definition) is 5. The molecule has 0 radical (unpaired) electrons. The van der Waals surface area contributed by atoms with E-state index in [4.69, 9.17) is 0 Å². The maximum Gasteiger partial charge on any atom is 0.237 e. The van der Waals surface area contributed by atoms with Crippen molar-refractivity contribution in [1.29, 1.82) is 10.5 Å². The number of aromatic nitrogens is 2. The lowest BCUT2D eigenvalue weighted by Gasteiger charge is -2.36. The van der Waals surface area contributed by atoms with Gasteiger partial charge < -0.3 is 5.32 Å². The minimum Gasteiger partial charge on any atom is -0.325 e. The molecule has 1 saturated carbocycles. The summed E-state index contributed by atoms with van der Waals surface area (Å²) >= 11 is 0. The maximum absolute atomic E-state index is 13.7. The van der Waals surface area contributed by atoms with Crippen molar-refractivity contribution in [2.24, 2.45) is 5.41 Å². The number of fused-ring (bicyclic) bond motifs is 5. The fourth-order valence-corrected chi connectivity index (χ4v) is 5.29. The number of nitriles is 2. The molecule has 30 heavy (non-hydrogen) atoms.